The highest BCUT2D eigenvalue weighted by molar-refractivity contribution is 5.92. The molecule has 1 aliphatic rings. The summed E-state index contributed by atoms with van der Waals surface area (Å²) in [5, 5.41) is 7.31. The largest absolute Gasteiger partial charge is 0.356 e. The lowest BCUT2D eigenvalue weighted by atomic mass is 9.95. The molecule has 1 saturated heterocycles. The maximum absolute atomic E-state index is 12.6. The van der Waals surface area contributed by atoms with Crippen LogP contribution in [0.1, 0.15) is 24.1 Å². The van der Waals surface area contributed by atoms with E-state index in [4.69, 9.17) is 0 Å². The van der Waals surface area contributed by atoms with Crippen LogP contribution < -0.4 is 10.2 Å². The molecule has 3 aromatic rings. The Balaban J connectivity index is 1.42. The number of anilines is 2. The summed E-state index contributed by atoms with van der Waals surface area (Å²) in [6, 6.07) is 9.93. The topological polar surface area (TPSA) is 75.4 Å². The summed E-state index contributed by atoms with van der Waals surface area (Å²) in [5.74, 6) is 1.73. The molecule has 3 heterocycles. The number of benzene rings is 1. The molecule has 0 unspecified atom stereocenters. The minimum Gasteiger partial charge on any atom is -0.356 e. The highest BCUT2D eigenvalue weighted by atomic mass is 16.1. The predicted molar refractivity (Wildman–Crippen MR) is 100 cm³/mol. The second-order valence-corrected chi connectivity index (χ2v) is 6.84. The van der Waals surface area contributed by atoms with Gasteiger partial charge in [0.05, 0.1) is 0 Å². The number of carbonyl (C=O) groups is 1. The molecule has 0 atom stereocenters. The van der Waals surface area contributed by atoms with Crippen molar-refractivity contribution in [1.29, 1.82) is 0 Å². The Morgan fingerprint density at radius 3 is 2.62 bits per heavy atom. The standard InChI is InChI=1S/C19H22N6O/c1-13-3-5-16(6-4-13)23-18(26)15-7-9-24(10-8-15)17-11-14(2)22-19-20-12-21-25(17)19/h3-6,11-12,15H,7-10H2,1-2H3,(H,23,26). The number of aromatic nitrogens is 4. The first-order valence-electron chi connectivity index (χ1n) is 8.90. The Labute approximate surface area is 152 Å². The van der Waals surface area contributed by atoms with Crippen LogP contribution in [0.15, 0.2) is 36.7 Å². The number of fused-ring (bicyclic) bond motifs is 1. The first-order chi connectivity index (χ1) is 12.6. The van der Waals surface area contributed by atoms with Gasteiger partial charge in [-0.3, -0.25) is 4.79 Å². The monoisotopic (exact) mass is 350 g/mol. The summed E-state index contributed by atoms with van der Waals surface area (Å²) in [6.07, 6.45) is 3.15. The molecular weight excluding hydrogens is 328 g/mol. The first kappa shape index (κ1) is 16.5. The summed E-state index contributed by atoms with van der Waals surface area (Å²) in [7, 11) is 0. The number of rotatable bonds is 3. The van der Waals surface area contributed by atoms with Gasteiger partial charge in [0.25, 0.3) is 5.78 Å². The van der Waals surface area contributed by atoms with Gasteiger partial charge in [-0.1, -0.05) is 17.7 Å². The zero-order valence-electron chi connectivity index (χ0n) is 15.0. The number of aryl methyl sites for hydroxylation is 2. The van der Waals surface area contributed by atoms with Crippen molar-refractivity contribution < 1.29 is 4.79 Å². The van der Waals surface area contributed by atoms with E-state index in [1.807, 2.05) is 44.2 Å². The molecule has 1 aliphatic heterocycles. The predicted octanol–water partition coefficient (Wildman–Crippen LogP) is 2.60. The van der Waals surface area contributed by atoms with Crippen LogP contribution in [-0.2, 0) is 4.79 Å². The molecule has 7 nitrogen and oxygen atoms in total. The summed E-state index contributed by atoms with van der Waals surface area (Å²) >= 11 is 0. The molecule has 0 radical (unpaired) electrons. The van der Waals surface area contributed by atoms with Crippen LogP contribution in [0.3, 0.4) is 0 Å². The van der Waals surface area contributed by atoms with Gasteiger partial charge in [0.2, 0.25) is 5.91 Å². The van der Waals surface area contributed by atoms with Gasteiger partial charge in [-0.15, -0.1) is 0 Å². The van der Waals surface area contributed by atoms with E-state index < -0.39 is 0 Å². The lowest BCUT2D eigenvalue weighted by Crippen LogP contribution is -2.39. The van der Waals surface area contributed by atoms with Crippen LogP contribution in [0.4, 0.5) is 11.5 Å². The summed E-state index contributed by atoms with van der Waals surface area (Å²) in [5.41, 5.74) is 2.96. The molecule has 0 spiro atoms. The van der Waals surface area contributed by atoms with E-state index in [0.29, 0.717) is 5.78 Å². The van der Waals surface area contributed by atoms with Gasteiger partial charge in [0.1, 0.15) is 12.1 Å². The molecule has 2 aromatic heterocycles. The van der Waals surface area contributed by atoms with Crippen molar-refractivity contribution in [3.8, 4) is 0 Å². The van der Waals surface area contributed by atoms with E-state index in [1.54, 1.807) is 4.52 Å². The van der Waals surface area contributed by atoms with Crippen LogP contribution >= 0.6 is 0 Å². The Bertz CT molecular complexity index is 925. The number of nitrogens with one attached hydrogen (secondary N) is 1. The number of hydrogen-bond acceptors (Lipinski definition) is 5. The van der Waals surface area contributed by atoms with Gasteiger partial charge in [-0.25, -0.2) is 4.98 Å². The van der Waals surface area contributed by atoms with E-state index in [-0.39, 0.29) is 11.8 Å². The molecule has 1 fully saturated rings. The summed E-state index contributed by atoms with van der Waals surface area (Å²) < 4.78 is 1.76. The Morgan fingerprint density at radius 2 is 1.88 bits per heavy atom. The third-order valence-electron chi connectivity index (χ3n) is 4.87. The van der Waals surface area contributed by atoms with Crippen molar-refractivity contribution in [3.05, 3.63) is 47.9 Å². The first-order valence-corrected chi connectivity index (χ1v) is 8.90. The maximum Gasteiger partial charge on any atom is 0.254 e. The Hall–Kier alpha value is -2.96. The highest BCUT2D eigenvalue weighted by Crippen LogP contribution is 2.25. The van der Waals surface area contributed by atoms with Gasteiger partial charge in [-0.05, 0) is 38.8 Å². The average molecular weight is 350 g/mol. The lowest BCUT2D eigenvalue weighted by Gasteiger charge is -2.32. The fourth-order valence-corrected chi connectivity index (χ4v) is 3.39. The van der Waals surface area contributed by atoms with Crippen molar-refractivity contribution in [3.63, 3.8) is 0 Å². The van der Waals surface area contributed by atoms with Crippen LogP contribution in [-0.4, -0.2) is 38.6 Å². The molecule has 134 valence electrons. The number of carbonyl (C=O) groups excluding carboxylic acids is 1. The van der Waals surface area contributed by atoms with Crippen molar-refractivity contribution in [2.75, 3.05) is 23.3 Å². The smallest absolute Gasteiger partial charge is 0.254 e. The second-order valence-electron chi connectivity index (χ2n) is 6.84. The number of piperidine rings is 1. The highest BCUT2D eigenvalue weighted by Gasteiger charge is 2.26. The normalized spacial score (nSPS) is 15.4. The summed E-state index contributed by atoms with van der Waals surface area (Å²) in [6.45, 7) is 5.61. The third kappa shape index (κ3) is 3.24. The third-order valence-corrected chi connectivity index (χ3v) is 4.87. The fraction of sp³-hybridized carbons (Fsp3) is 0.368. The van der Waals surface area contributed by atoms with Gasteiger partial charge in [-0.2, -0.15) is 14.6 Å². The molecule has 1 N–H and O–H groups in total. The van der Waals surface area contributed by atoms with E-state index in [9.17, 15) is 4.79 Å². The Kier molecular flexibility index (Phi) is 4.28. The van der Waals surface area contributed by atoms with Gasteiger partial charge in [0.15, 0.2) is 0 Å². The molecule has 0 aliphatic carbocycles. The van der Waals surface area contributed by atoms with Gasteiger partial charge in [0, 0.05) is 36.5 Å². The number of amides is 1. The van der Waals surface area contributed by atoms with Crippen molar-refractivity contribution >= 4 is 23.2 Å². The van der Waals surface area contributed by atoms with Gasteiger partial charge >= 0.3 is 0 Å². The molecular formula is C19H22N6O. The van der Waals surface area contributed by atoms with E-state index in [0.717, 1.165) is 43.1 Å². The summed E-state index contributed by atoms with van der Waals surface area (Å²) in [4.78, 5) is 23.4. The molecule has 4 rings (SSSR count). The minimum atomic E-state index is 0.0294. The molecule has 1 amide bonds. The van der Waals surface area contributed by atoms with E-state index >= 15 is 0 Å². The zero-order valence-corrected chi connectivity index (χ0v) is 15.0. The van der Waals surface area contributed by atoms with Crippen LogP contribution in [0, 0.1) is 19.8 Å². The molecule has 1 aromatic carbocycles. The second kappa shape index (κ2) is 6.74. The van der Waals surface area contributed by atoms with Gasteiger partial charge < -0.3 is 10.2 Å². The lowest BCUT2D eigenvalue weighted by molar-refractivity contribution is -0.120. The average Bonchev–Trinajstić information content (AvgIpc) is 3.11. The SMILES string of the molecule is Cc1ccc(NC(=O)C2CCN(c3cc(C)nc4ncnn34)CC2)cc1. The maximum atomic E-state index is 12.6. The zero-order chi connectivity index (χ0) is 18.1. The van der Waals surface area contributed by atoms with Crippen LogP contribution in [0.25, 0.3) is 5.78 Å². The van der Waals surface area contributed by atoms with Crippen LogP contribution in [0.2, 0.25) is 0 Å². The quantitative estimate of drug-likeness (QED) is 0.786. The fourth-order valence-electron chi connectivity index (χ4n) is 3.39. The van der Waals surface area contributed by atoms with E-state index in [1.165, 1.54) is 11.9 Å². The molecule has 26 heavy (non-hydrogen) atoms. The number of nitrogens with zero attached hydrogens (tertiary/aromatic N) is 5. The molecule has 0 saturated carbocycles. The molecule has 7 heteroatoms. The van der Waals surface area contributed by atoms with E-state index in [2.05, 4.69) is 25.3 Å². The van der Waals surface area contributed by atoms with Crippen molar-refractivity contribution in [2.24, 2.45) is 5.92 Å². The number of hydrogen-bond donors (Lipinski definition) is 1. The minimum absolute atomic E-state index is 0.0294. The van der Waals surface area contributed by atoms with Crippen LogP contribution in [0.5, 0.6) is 0 Å². The van der Waals surface area contributed by atoms with Crippen molar-refractivity contribution in [1.82, 2.24) is 19.6 Å². The Morgan fingerprint density at radius 1 is 1.15 bits per heavy atom. The molecule has 0 bridgehead atoms. The van der Waals surface area contributed by atoms with Crippen molar-refractivity contribution in [2.45, 2.75) is 26.7 Å².